The van der Waals surface area contributed by atoms with Gasteiger partial charge in [0.15, 0.2) is 0 Å². The smallest absolute Gasteiger partial charge is 0.233 e. The van der Waals surface area contributed by atoms with Crippen LogP contribution in [0.2, 0.25) is 4.34 Å². The number of hydrogen-bond acceptors (Lipinski definition) is 2. The van der Waals surface area contributed by atoms with Gasteiger partial charge in [0.1, 0.15) is 0 Å². The minimum atomic E-state index is -0.279. The summed E-state index contributed by atoms with van der Waals surface area (Å²) in [5.74, 6) is 0.251. The number of hydrogen-bond donors (Lipinski definition) is 0. The van der Waals surface area contributed by atoms with Gasteiger partial charge < -0.3 is 4.90 Å². The van der Waals surface area contributed by atoms with Crippen molar-refractivity contribution < 1.29 is 4.79 Å². The van der Waals surface area contributed by atoms with Crippen LogP contribution < -0.4 is 0 Å². The van der Waals surface area contributed by atoms with E-state index in [1.54, 1.807) is 11.3 Å². The molecule has 1 aliphatic rings. The summed E-state index contributed by atoms with van der Waals surface area (Å²) in [6.07, 6.45) is 1.91. The van der Waals surface area contributed by atoms with Gasteiger partial charge in [0.05, 0.1) is 16.3 Å². The van der Waals surface area contributed by atoms with Crippen LogP contribution in [-0.2, 0) is 16.8 Å². The van der Waals surface area contributed by atoms with Gasteiger partial charge in [-0.2, -0.15) is 0 Å². The maximum Gasteiger partial charge on any atom is 0.233 e. The lowest BCUT2D eigenvalue weighted by Crippen LogP contribution is -2.38. The van der Waals surface area contributed by atoms with E-state index in [1.807, 2.05) is 42.2 Å². The molecular formula is C17H18ClNOS. The monoisotopic (exact) mass is 319 g/mol. The summed E-state index contributed by atoms with van der Waals surface area (Å²) in [5, 5.41) is 0. The molecule has 0 spiro atoms. The standard InChI is InChI=1S/C17H18ClNOS/c1-2-19(12-14-8-9-15(18)21-14)16(20)17(10-11-17)13-6-4-3-5-7-13/h3-9H,2,10-12H2,1H3. The number of benzene rings is 1. The molecule has 1 aromatic carbocycles. The lowest BCUT2D eigenvalue weighted by Gasteiger charge is -2.26. The van der Waals surface area contributed by atoms with E-state index in [9.17, 15) is 4.79 Å². The molecule has 1 amide bonds. The van der Waals surface area contributed by atoms with Crippen molar-refractivity contribution in [2.24, 2.45) is 0 Å². The van der Waals surface area contributed by atoms with Crippen molar-refractivity contribution in [3.05, 3.63) is 57.2 Å². The zero-order chi connectivity index (χ0) is 14.9. The summed E-state index contributed by atoms with van der Waals surface area (Å²) in [5.41, 5.74) is 0.871. The SMILES string of the molecule is CCN(Cc1ccc(Cl)s1)C(=O)C1(c2ccccc2)CC1. The molecule has 1 aliphatic carbocycles. The van der Waals surface area contributed by atoms with Crippen LogP contribution in [0.15, 0.2) is 42.5 Å². The van der Waals surface area contributed by atoms with Gasteiger partial charge in [0.2, 0.25) is 5.91 Å². The van der Waals surface area contributed by atoms with Gasteiger partial charge >= 0.3 is 0 Å². The zero-order valence-corrected chi connectivity index (χ0v) is 13.6. The second-order valence-electron chi connectivity index (χ2n) is 5.47. The minimum absolute atomic E-state index is 0.251. The zero-order valence-electron chi connectivity index (χ0n) is 12.0. The summed E-state index contributed by atoms with van der Waals surface area (Å²) < 4.78 is 0.776. The van der Waals surface area contributed by atoms with Crippen molar-refractivity contribution >= 4 is 28.8 Å². The van der Waals surface area contributed by atoms with Crippen LogP contribution in [0, 0.1) is 0 Å². The van der Waals surface area contributed by atoms with E-state index in [2.05, 4.69) is 12.1 Å². The quantitative estimate of drug-likeness (QED) is 0.795. The molecule has 0 unspecified atom stereocenters. The predicted molar refractivity (Wildman–Crippen MR) is 87.8 cm³/mol. The third-order valence-electron chi connectivity index (χ3n) is 4.13. The van der Waals surface area contributed by atoms with E-state index in [0.717, 1.165) is 34.2 Å². The lowest BCUT2D eigenvalue weighted by atomic mass is 9.94. The van der Waals surface area contributed by atoms with E-state index in [1.165, 1.54) is 0 Å². The maximum absolute atomic E-state index is 13.0. The third kappa shape index (κ3) is 2.85. The first-order valence-corrected chi connectivity index (χ1v) is 8.44. The Hall–Kier alpha value is -1.32. The van der Waals surface area contributed by atoms with Crippen molar-refractivity contribution in [1.29, 1.82) is 0 Å². The fourth-order valence-electron chi connectivity index (χ4n) is 2.76. The van der Waals surface area contributed by atoms with Gasteiger partial charge in [-0.1, -0.05) is 41.9 Å². The number of nitrogens with zero attached hydrogens (tertiary/aromatic N) is 1. The molecule has 1 heterocycles. The highest BCUT2D eigenvalue weighted by atomic mass is 35.5. The molecule has 3 rings (SSSR count). The highest BCUT2D eigenvalue weighted by Crippen LogP contribution is 2.49. The van der Waals surface area contributed by atoms with Crippen LogP contribution in [0.4, 0.5) is 0 Å². The number of rotatable bonds is 5. The minimum Gasteiger partial charge on any atom is -0.337 e. The highest BCUT2D eigenvalue weighted by molar-refractivity contribution is 7.16. The molecule has 0 radical (unpaired) electrons. The van der Waals surface area contributed by atoms with Crippen LogP contribution in [0.3, 0.4) is 0 Å². The first kappa shape index (κ1) is 14.6. The lowest BCUT2D eigenvalue weighted by molar-refractivity contribution is -0.134. The molecule has 0 aliphatic heterocycles. The van der Waals surface area contributed by atoms with Gasteiger partial charge in [-0.15, -0.1) is 11.3 Å². The summed E-state index contributed by atoms with van der Waals surface area (Å²) >= 11 is 7.53. The first-order valence-electron chi connectivity index (χ1n) is 7.25. The predicted octanol–water partition coefficient (Wildman–Crippen LogP) is 4.48. The van der Waals surface area contributed by atoms with Gasteiger partial charge in [-0.25, -0.2) is 0 Å². The highest BCUT2D eigenvalue weighted by Gasteiger charge is 2.52. The Bertz CT molecular complexity index is 633. The van der Waals surface area contributed by atoms with Crippen LogP contribution in [-0.4, -0.2) is 17.4 Å². The Labute approximate surface area is 134 Å². The number of carbonyl (C=O) groups excluding carboxylic acids is 1. The topological polar surface area (TPSA) is 20.3 Å². The largest absolute Gasteiger partial charge is 0.337 e. The maximum atomic E-state index is 13.0. The molecule has 1 fully saturated rings. The average Bonchev–Trinajstić information content (AvgIpc) is 3.23. The molecule has 0 saturated heterocycles. The van der Waals surface area contributed by atoms with Crippen LogP contribution >= 0.6 is 22.9 Å². The van der Waals surface area contributed by atoms with Crippen molar-refractivity contribution in [3.8, 4) is 0 Å². The van der Waals surface area contributed by atoms with Crippen molar-refractivity contribution in [2.45, 2.75) is 31.7 Å². The second kappa shape index (κ2) is 5.82. The summed E-state index contributed by atoms with van der Waals surface area (Å²) in [6.45, 7) is 3.42. The van der Waals surface area contributed by atoms with Gasteiger partial charge in [-0.05, 0) is 37.5 Å². The van der Waals surface area contributed by atoms with E-state index in [4.69, 9.17) is 11.6 Å². The molecule has 2 nitrogen and oxygen atoms in total. The van der Waals surface area contributed by atoms with Crippen LogP contribution in [0.1, 0.15) is 30.2 Å². The van der Waals surface area contributed by atoms with E-state index in [0.29, 0.717) is 6.54 Å². The van der Waals surface area contributed by atoms with Crippen molar-refractivity contribution in [1.82, 2.24) is 4.90 Å². The van der Waals surface area contributed by atoms with Crippen molar-refractivity contribution in [2.75, 3.05) is 6.54 Å². The van der Waals surface area contributed by atoms with Gasteiger partial charge in [0, 0.05) is 11.4 Å². The molecule has 0 atom stereocenters. The molecule has 110 valence electrons. The number of amides is 1. The second-order valence-corrected chi connectivity index (χ2v) is 7.27. The molecule has 1 saturated carbocycles. The Kier molecular flexibility index (Phi) is 4.05. The fraction of sp³-hybridized carbons (Fsp3) is 0.353. The summed E-state index contributed by atoms with van der Waals surface area (Å²) in [7, 11) is 0. The van der Waals surface area contributed by atoms with Crippen molar-refractivity contribution in [3.63, 3.8) is 0 Å². The molecular weight excluding hydrogens is 302 g/mol. The Morgan fingerprint density at radius 3 is 2.48 bits per heavy atom. The molecule has 4 heteroatoms. The Balaban J connectivity index is 1.79. The molecule has 0 bridgehead atoms. The van der Waals surface area contributed by atoms with Crippen LogP contribution in [0.5, 0.6) is 0 Å². The molecule has 21 heavy (non-hydrogen) atoms. The molecule has 0 N–H and O–H groups in total. The van der Waals surface area contributed by atoms with Gasteiger partial charge in [-0.3, -0.25) is 4.79 Å². The van der Waals surface area contributed by atoms with E-state index in [-0.39, 0.29) is 11.3 Å². The van der Waals surface area contributed by atoms with Gasteiger partial charge in [0.25, 0.3) is 0 Å². The first-order chi connectivity index (χ1) is 10.2. The number of halogens is 1. The average molecular weight is 320 g/mol. The fourth-order valence-corrected chi connectivity index (χ4v) is 3.87. The Morgan fingerprint density at radius 1 is 1.24 bits per heavy atom. The van der Waals surface area contributed by atoms with Crippen LogP contribution in [0.25, 0.3) is 0 Å². The third-order valence-corrected chi connectivity index (χ3v) is 5.35. The number of likely N-dealkylation sites (N-methyl/N-ethyl adjacent to an activating group) is 1. The van der Waals surface area contributed by atoms with E-state index < -0.39 is 0 Å². The normalized spacial score (nSPS) is 15.7. The number of thiophene rings is 1. The van der Waals surface area contributed by atoms with E-state index >= 15 is 0 Å². The summed E-state index contributed by atoms with van der Waals surface area (Å²) in [6, 6.07) is 14.1. The summed E-state index contributed by atoms with van der Waals surface area (Å²) in [4.78, 5) is 16.1. The Morgan fingerprint density at radius 2 is 1.95 bits per heavy atom. The number of carbonyl (C=O) groups is 1. The molecule has 2 aromatic rings. The molecule has 1 aromatic heterocycles.